The van der Waals surface area contributed by atoms with Crippen LogP contribution in [0.4, 0.5) is 0 Å². The second-order valence-corrected chi connectivity index (χ2v) is 9.57. The Morgan fingerprint density at radius 3 is 0.640 bits per heavy atom. The zero-order valence-corrected chi connectivity index (χ0v) is 31.9. The summed E-state index contributed by atoms with van der Waals surface area (Å²) in [5.74, 6) is -3.95. The van der Waals surface area contributed by atoms with E-state index in [-0.39, 0.29) is 60.4 Å². The third-order valence-electron chi connectivity index (χ3n) is 5.14. The predicted octanol–water partition coefficient (Wildman–Crippen LogP) is -6.20. The average molecular weight is 826 g/mol. The zero-order chi connectivity index (χ0) is 38.2. The van der Waals surface area contributed by atoms with Gasteiger partial charge in [-0.25, -0.2) is 0 Å². The summed E-state index contributed by atoms with van der Waals surface area (Å²) in [6, 6.07) is -3.28. The van der Waals surface area contributed by atoms with Gasteiger partial charge in [0, 0.05) is 62.7 Å². The molecule has 0 aliphatic carbocycles. The molecular weight excluding hydrogens is 769 g/mol. The molecule has 0 saturated carbocycles. The Morgan fingerprint density at radius 1 is 0.400 bits per heavy atom. The molecular formula is C24H56CuN16O8Zn. The summed E-state index contributed by atoms with van der Waals surface area (Å²) < 4.78 is 0. The molecule has 4 atom stereocenters. The van der Waals surface area contributed by atoms with Crippen molar-refractivity contribution in [3.63, 3.8) is 0 Å². The Balaban J connectivity index is -0.000000127. The monoisotopic (exact) mass is 823 g/mol. The molecule has 0 heterocycles. The van der Waals surface area contributed by atoms with Crippen molar-refractivity contribution in [2.24, 2.45) is 88.8 Å². The number of aliphatic imine (C=N–C) groups is 4. The molecule has 0 aromatic heterocycles. The molecule has 0 aliphatic rings. The van der Waals surface area contributed by atoms with Crippen LogP contribution in [0.15, 0.2) is 20.0 Å². The van der Waals surface area contributed by atoms with E-state index >= 15 is 0 Å². The van der Waals surface area contributed by atoms with E-state index in [0.29, 0.717) is 77.5 Å². The predicted molar refractivity (Wildman–Crippen MR) is 182 cm³/mol. The van der Waals surface area contributed by atoms with Crippen molar-refractivity contribution >= 4 is 47.7 Å². The van der Waals surface area contributed by atoms with E-state index in [9.17, 15) is 19.2 Å². The van der Waals surface area contributed by atoms with Crippen LogP contribution >= 0.6 is 0 Å². The van der Waals surface area contributed by atoms with Crippen LogP contribution in [0.25, 0.3) is 0 Å². The first-order chi connectivity index (χ1) is 22.1. The van der Waals surface area contributed by atoms with E-state index < -0.39 is 48.0 Å². The fraction of sp³-hybridized carbons (Fsp3) is 0.667. The van der Waals surface area contributed by atoms with Gasteiger partial charge in [0.1, 0.15) is 24.2 Å². The fourth-order valence-electron chi connectivity index (χ4n) is 2.57. The Hall–Kier alpha value is -4.06. The molecule has 0 aliphatic heterocycles. The number of hydrogen-bond acceptors (Lipinski definition) is 12. The molecule has 0 saturated heterocycles. The van der Waals surface area contributed by atoms with Crippen molar-refractivity contribution in [3.05, 3.63) is 0 Å². The Kier molecular flexibility index (Phi) is 43.9. The summed E-state index contributed by atoms with van der Waals surface area (Å²) in [5, 5.41) is 33.5. The summed E-state index contributed by atoms with van der Waals surface area (Å²) in [7, 11) is 0. The smallest absolute Gasteiger partial charge is 0.320 e. The van der Waals surface area contributed by atoms with Crippen LogP contribution < -0.4 is 68.8 Å². The number of aliphatic carboxylic acids is 4. The van der Waals surface area contributed by atoms with Gasteiger partial charge >= 0.3 is 23.9 Å². The topological polar surface area (TPSA) is 511 Å². The summed E-state index contributed by atoms with van der Waals surface area (Å²) in [6.45, 7) is 1.68. The largest absolute Gasteiger partial charge is 0.480 e. The number of guanidine groups is 4. The molecule has 0 bridgehead atoms. The van der Waals surface area contributed by atoms with Crippen LogP contribution in [0.5, 0.6) is 0 Å². The maximum Gasteiger partial charge on any atom is 0.320 e. The summed E-state index contributed by atoms with van der Waals surface area (Å²) in [5.41, 5.74) is 61.3. The number of hydrogen-bond donors (Lipinski definition) is 16. The summed E-state index contributed by atoms with van der Waals surface area (Å²) in [4.78, 5) is 55.6. The molecule has 0 spiro atoms. The molecule has 293 valence electrons. The fourth-order valence-corrected chi connectivity index (χ4v) is 2.57. The Labute approximate surface area is 313 Å². The van der Waals surface area contributed by atoms with E-state index in [2.05, 4.69) is 20.0 Å². The summed E-state index contributed by atoms with van der Waals surface area (Å²) >= 11 is 0. The van der Waals surface area contributed by atoms with E-state index in [4.69, 9.17) is 89.2 Å². The van der Waals surface area contributed by atoms with Crippen molar-refractivity contribution in [2.45, 2.75) is 75.5 Å². The van der Waals surface area contributed by atoms with Crippen molar-refractivity contribution in [1.82, 2.24) is 0 Å². The van der Waals surface area contributed by atoms with E-state index in [1.807, 2.05) is 0 Å². The van der Waals surface area contributed by atoms with Gasteiger partial charge in [-0.2, -0.15) is 0 Å². The number of nitrogens with zero attached hydrogens (tertiary/aromatic N) is 4. The number of nitrogens with two attached hydrogens (primary N) is 12. The third kappa shape index (κ3) is 50.8. The quantitative estimate of drug-likeness (QED) is 0.0235. The zero-order valence-electron chi connectivity index (χ0n) is 27.9. The number of carbonyl (C=O) groups is 4. The van der Waals surface area contributed by atoms with Crippen molar-refractivity contribution in [3.8, 4) is 0 Å². The van der Waals surface area contributed by atoms with Crippen LogP contribution in [-0.4, -0.2) is 118 Å². The second-order valence-electron chi connectivity index (χ2n) is 9.57. The van der Waals surface area contributed by atoms with Crippen LogP contribution in [0.3, 0.4) is 0 Å². The average Bonchev–Trinajstić information content (AvgIpc) is 2.97. The van der Waals surface area contributed by atoms with Gasteiger partial charge in [-0.3, -0.25) is 39.1 Å². The number of carboxylic acid groups (broad SMARTS) is 4. The molecule has 0 fully saturated rings. The normalized spacial score (nSPS) is 11.6. The molecule has 26 heteroatoms. The van der Waals surface area contributed by atoms with Crippen molar-refractivity contribution in [2.75, 3.05) is 26.2 Å². The standard InChI is InChI=1S/4C6H14N4O2.Cu.Zn/c4*7-4(5(11)12)2-1-3-10-6(8)9;;/h4*4H,1-3,7H2,(H,11,12)(H4,8,9,10);;/t4*4-;;/m0000../s1. The minimum absolute atomic E-state index is 0. The van der Waals surface area contributed by atoms with Crippen LogP contribution in [-0.2, 0) is 55.7 Å². The third-order valence-corrected chi connectivity index (χ3v) is 5.14. The van der Waals surface area contributed by atoms with E-state index in [1.165, 1.54) is 0 Å². The van der Waals surface area contributed by atoms with Crippen LogP contribution in [0, 0.1) is 0 Å². The molecule has 0 aromatic carbocycles. The molecule has 0 aromatic rings. The SMILES string of the molecule is NC(N)=NCCC[C@H](N)C(=O)O.NC(N)=NCCC[C@H](N)C(=O)O.NC(N)=NCCC[C@H](N)C(=O)O.NC(N)=NCCC[C@H](N)C(=O)O.[Cu].[Zn]. The van der Waals surface area contributed by atoms with Gasteiger partial charge in [0.25, 0.3) is 0 Å². The maximum absolute atomic E-state index is 10.2. The molecule has 28 N–H and O–H groups in total. The van der Waals surface area contributed by atoms with Crippen molar-refractivity contribution < 1.29 is 76.2 Å². The van der Waals surface area contributed by atoms with Gasteiger partial charge in [-0.15, -0.1) is 0 Å². The Morgan fingerprint density at radius 2 is 0.540 bits per heavy atom. The molecule has 50 heavy (non-hydrogen) atoms. The van der Waals surface area contributed by atoms with E-state index in [1.54, 1.807) is 0 Å². The minimum atomic E-state index is -1.00. The van der Waals surface area contributed by atoms with Gasteiger partial charge < -0.3 is 89.2 Å². The summed E-state index contributed by atoms with van der Waals surface area (Å²) in [6.07, 6.45) is 3.82. The first-order valence-corrected chi connectivity index (χ1v) is 14.3. The van der Waals surface area contributed by atoms with Gasteiger partial charge in [0.15, 0.2) is 23.8 Å². The number of rotatable bonds is 20. The van der Waals surface area contributed by atoms with Gasteiger partial charge in [-0.1, -0.05) is 0 Å². The second kappa shape index (κ2) is 37.8. The first kappa shape index (κ1) is 58.2. The molecule has 0 amide bonds. The van der Waals surface area contributed by atoms with Crippen LogP contribution in [0.1, 0.15) is 51.4 Å². The molecule has 0 unspecified atom stereocenters. The van der Waals surface area contributed by atoms with Gasteiger partial charge in [0.2, 0.25) is 0 Å². The van der Waals surface area contributed by atoms with Gasteiger partial charge in [0.05, 0.1) is 0 Å². The Bertz CT molecular complexity index is 880. The molecule has 24 nitrogen and oxygen atoms in total. The van der Waals surface area contributed by atoms with Crippen molar-refractivity contribution in [1.29, 1.82) is 0 Å². The first-order valence-electron chi connectivity index (χ1n) is 14.3. The van der Waals surface area contributed by atoms with Crippen LogP contribution in [0.2, 0.25) is 0 Å². The maximum atomic E-state index is 10.2. The van der Waals surface area contributed by atoms with E-state index in [0.717, 1.165) is 0 Å². The van der Waals surface area contributed by atoms with Gasteiger partial charge in [-0.05, 0) is 51.4 Å². The minimum Gasteiger partial charge on any atom is -0.480 e. The molecule has 0 rings (SSSR count). The molecule has 1 radical (unpaired) electrons. The number of carboxylic acids is 4.